The van der Waals surface area contributed by atoms with Gasteiger partial charge in [0.1, 0.15) is 0 Å². The summed E-state index contributed by atoms with van der Waals surface area (Å²) in [5.41, 5.74) is 7.50. The molecule has 2 aliphatic rings. The van der Waals surface area contributed by atoms with Gasteiger partial charge >= 0.3 is 0 Å². The van der Waals surface area contributed by atoms with Crippen molar-refractivity contribution in [3.05, 3.63) is 35.4 Å². The number of carbonyl (C=O) groups excluding carboxylic acids is 1. The monoisotopic (exact) mass is 329 g/mol. The largest absolute Gasteiger partial charge is 0.338 e. The highest BCUT2D eigenvalue weighted by atomic mass is 16.2. The summed E-state index contributed by atoms with van der Waals surface area (Å²) in [6.07, 6.45) is 7.82. The first-order chi connectivity index (χ1) is 11.8. The Labute approximate surface area is 146 Å². The van der Waals surface area contributed by atoms with Crippen LogP contribution in [-0.4, -0.2) is 48.4 Å². The lowest BCUT2D eigenvalue weighted by Gasteiger charge is -2.35. The van der Waals surface area contributed by atoms with Crippen LogP contribution in [0.4, 0.5) is 0 Å². The first kappa shape index (κ1) is 17.4. The van der Waals surface area contributed by atoms with Crippen molar-refractivity contribution in [1.29, 1.82) is 0 Å². The Balaban J connectivity index is 1.56. The number of nitrogens with zero attached hydrogens (tertiary/aromatic N) is 2. The van der Waals surface area contributed by atoms with Gasteiger partial charge in [-0.2, -0.15) is 0 Å². The van der Waals surface area contributed by atoms with Gasteiger partial charge in [0.15, 0.2) is 0 Å². The SMILES string of the molecule is NCc1ccc(C(=O)N2CCCC(CN3CCCCCC3)C2)cc1. The van der Waals surface area contributed by atoms with Gasteiger partial charge in [-0.15, -0.1) is 0 Å². The van der Waals surface area contributed by atoms with Crippen molar-refractivity contribution in [3.8, 4) is 0 Å². The number of hydrogen-bond donors (Lipinski definition) is 1. The molecule has 0 saturated carbocycles. The van der Waals surface area contributed by atoms with E-state index in [1.807, 2.05) is 24.3 Å². The standard InChI is InChI=1S/C20H31N3O/c21-14-17-7-9-19(10-8-17)20(24)23-13-5-6-18(16-23)15-22-11-3-1-2-4-12-22/h7-10,18H,1-6,11-16,21H2. The van der Waals surface area contributed by atoms with E-state index in [9.17, 15) is 4.79 Å². The maximum Gasteiger partial charge on any atom is 0.253 e. The first-order valence-electron chi connectivity index (χ1n) is 9.57. The molecule has 2 N–H and O–H groups in total. The second-order valence-electron chi connectivity index (χ2n) is 7.38. The molecule has 132 valence electrons. The molecule has 2 aliphatic heterocycles. The lowest BCUT2D eigenvalue weighted by Crippen LogP contribution is -2.44. The summed E-state index contributed by atoms with van der Waals surface area (Å²) in [6.45, 7) is 5.98. The van der Waals surface area contributed by atoms with Crippen LogP contribution in [0.1, 0.15) is 54.4 Å². The number of hydrogen-bond acceptors (Lipinski definition) is 3. The Bertz CT molecular complexity index is 520. The second kappa shape index (κ2) is 8.63. The van der Waals surface area contributed by atoms with E-state index < -0.39 is 0 Å². The molecule has 4 nitrogen and oxygen atoms in total. The minimum atomic E-state index is 0.180. The van der Waals surface area contributed by atoms with Crippen LogP contribution in [-0.2, 0) is 6.54 Å². The average Bonchev–Trinajstić information content (AvgIpc) is 2.90. The van der Waals surface area contributed by atoms with Crippen LogP contribution >= 0.6 is 0 Å². The molecule has 1 aromatic rings. The molecule has 3 rings (SSSR count). The number of likely N-dealkylation sites (tertiary alicyclic amines) is 2. The lowest BCUT2D eigenvalue weighted by atomic mass is 9.96. The third kappa shape index (κ3) is 4.58. The summed E-state index contributed by atoms with van der Waals surface area (Å²) < 4.78 is 0. The smallest absolute Gasteiger partial charge is 0.253 e. The maximum atomic E-state index is 12.8. The minimum absolute atomic E-state index is 0.180. The van der Waals surface area contributed by atoms with E-state index in [0.29, 0.717) is 12.5 Å². The van der Waals surface area contributed by atoms with Crippen molar-refractivity contribution >= 4 is 5.91 Å². The molecule has 1 aromatic carbocycles. The van der Waals surface area contributed by atoms with Crippen molar-refractivity contribution in [3.63, 3.8) is 0 Å². The van der Waals surface area contributed by atoms with Gasteiger partial charge in [-0.3, -0.25) is 4.79 Å². The van der Waals surface area contributed by atoms with Crippen LogP contribution < -0.4 is 5.73 Å². The third-order valence-corrected chi connectivity index (χ3v) is 5.46. The van der Waals surface area contributed by atoms with Crippen LogP contribution in [0.15, 0.2) is 24.3 Å². The van der Waals surface area contributed by atoms with E-state index >= 15 is 0 Å². The normalized spacial score (nSPS) is 23.0. The number of benzene rings is 1. The number of carbonyl (C=O) groups is 1. The third-order valence-electron chi connectivity index (χ3n) is 5.46. The molecular formula is C20H31N3O. The fourth-order valence-electron chi connectivity index (χ4n) is 4.05. The fraction of sp³-hybridized carbons (Fsp3) is 0.650. The molecule has 0 aromatic heterocycles. The zero-order valence-corrected chi connectivity index (χ0v) is 14.8. The second-order valence-corrected chi connectivity index (χ2v) is 7.38. The lowest BCUT2D eigenvalue weighted by molar-refractivity contribution is 0.0641. The predicted molar refractivity (Wildman–Crippen MR) is 97.9 cm³/mol. The van der Waals surface area contributed by atoms with E-state index in [2.05, 4.69) is 9.80 Å². The summed E-state index contributed by atoms with van der Waals surface area (Å²) in [6, 6.07) is 7.77. The molecular weight excluding hydrogens is 298 g/mol. The van der Waals surface area contributed by atoms with Crippen molar-refractivity contribution in [2.75, 3.05) is 32.7 Å². The van der Waals surface area contributed by atoms with E-state index in [4.69, 9.17) is 5.73 Å². The molecule has 0 radical (unpaired) electrons. The van der Waals surface area contributed by atoms with Crippen molar-refractivity contribution < 1.29 is 4.79 Å². The van der Waals surface area contributed by atoms with Gasteiger partial charge in [0.05, 0.1) is 0 Å². The molecule has 24 heavy (non-hydrogen) atoms. The summed E-state index contributed by atoms with van der Waals surface area (Å²) in [4.78, 5) is 17.5. The Kier molecular flexibility index (Phi) is 6.27. The molecule has 1 unspecified atom stereocenters. The molecule has 0 aliphatic carbocycles. The molecule has 2 saturated heterocycles. The molecule has 0 bridgehead atoms. The van der Waals surface area contributed by atoms with E-state index in [1.165, 1.54) is 45.2 Å². The van der Waals surface area contributed by atoms with Gasteiger partial charge in [0, 0.05) is 31.7 Å². The highest BCUT2D eigenvalue weighted by molar-refractivity contribution is 5.94. The Morgan fingerprint density at radius 2 is 1.71 bits per heavy atom. The zero-order valence-electron chi connectivity index (χ0n) is 14.8. The van der Waals surface area contributed by atoms with Gasteiger partial charge in [0.2, 0.25) is 0 Å². The molecule has 2 fully saturated rings. The van der Waals surface area contributed by atoms with E-state index in [0.717, 1.165) is 37.2 Å². The van der Waals surface area contributed by atoms with Gasteiger partial charge in [-0.05, 0) is 62.4 Å². The van der Waals surface area contributed by atoms with Crippen LogP contribution in [0.3, 0.4) is 0 Å². The Morgan fingerprint density at radius 3 is 2.38 bits per heavy atom. The van der Waals surface area contributed by atoms with Gasteiger partial charge in [0.25, 0.3) is 5.91 Å². The van der Waals surface area contributed by atoms with Crippen LogP contribution in [0.25, 0.3) is 0 Å². The molecule has 0 spiro atoms. The Hall–Kier alpha value is -1.39. The number of nitrogens with two attached hydrogens (primary N) is 1. The molecule has 1 atom stereocenters. The molecule has 4 heteroatoms. The zero-order chi connectivity index (χ0) is 16.8. The number of rotatable bonds is 4. The highest BCUT2D eigenvalue weighted by Gasteiger charge is 2.26. The molecule has 2 heterocycles. The maximum absolute atomic E-state index is 12.8. The van der Waals surface area contributed by atoms with Crippen LogP contribution in [0.5, 0.6) is 0 Å². The van der Waals surface area contributed by atoms with Crippen molar-refractivity contribution in [2.24, 2.45) is 11.7 Å². The van der Waals surface area contributed by atoms with Crippen molar-refractivity contribution in [1.82, 2.24) is 9.80 Å². The van der Waals surface area contributed by atoms with E-state index in [-0.39, 0.29) is 5.91 Å². The average molecular weight is 329 g/mol. The first-order valence-corrected chi connectivity index (χ1v) is 9.57. The number of piperidine rings is 1. The molecule has 1 amide bonds. The number of amides is 1. The fourth-order valence-corrected chi connectivity index (χ4v) is 4.05. The predicted octanol–water partition coefficient (Wildman–Crippen LogP) is 2.87. The topological polar surface area (TPSA) is 49.6 Å². The van der Waals surface area contributed by atoms with Gasteiger partial charge < -0.3 is 15.5 Å². The van der Waals surface area contributed by atoms with Gasteiger partial charge in [-0.25, -0.2) is 0 Å². The summed E-state index contributed by atoms with van der Waals surface area (Å²) in [7, 11) is 0. The summed E-state index contributed by atoms with van der Waals surface area (Å²) in [5.74, 6) is 0.809. The summed E-state index contributed by atoms with van der Waals surface area (Å²) in [5, 5.41) is 0. The van der Waals surface area contributed by atoms with Gasteiger partial charge in [-0.1, -0.05) is 25.0 Å². The highest BCUT2D eigenvalue weighted by Crippen LogP contribution is 2.21. The van der Waals surface area contributed by atoms with Crippen LogP contribution in [0.2, 0.25) is 0 Å². The van der Waals surface area contributed by atoms with Crippen LogP contribution in [0, 0.1) is 5.92 Å². The summed E-state index contributed by atoms with van der Waals surface area (Å²) >= 11 is 0. The minimum Gasteiger partial charge on any atom is -0.338 e. The quantitative estimate of drug-likeness (QED) is 0.924. The van der Waals surface area contributed by atoms with Crippen molar-refractivity contribution in [2.45, 2.75) is 45.1 Å². The Morgan fingerprint density at radius 1 is 1.00 bits per heavy atom. The van der Waals surface area contributed by atoms with E-state index in [1.54, 1.807) is 0 Å².